The van der Waals surface area contributed by atoms with Crippen molar-refractivity contribution < 1.29 is 9.59 Å². The number of rotatable bonds is 6. The summed E-state index contributed by atoms with van der Waals surface area (Å²) in [6.45, 7) is 15.6. The third-order valence-electron chi connectivity index (χ3n) is 3.79. The smallest absolute Gasteiger partial charge is 0.151 e. The van der Waals surface area contributed by atoms with Gasteiger partial charge < -0.3 is 0 Å². The summed E-state index contributed by atoms with van der Waals surface area (Å²) in [5.41, 5.74) is -1.73. The van der Waals surface area contributed by atoms with Gasteiger partial charge in [0.25, 0.3) is 0 Å². The van der Waals surface area contributed by atoms with Gasteiger partial charge in [-0.25, -0.2) is 0 Å². The molecule has 0 N–H and O–H groups in total. The zero-order chi connectivity index (χ0) is 15.5. The highest BCUT2D eigenvalue weighted by atomic mass is 16.2. The van der Waals surface area contributed by atoms with Gasteiger partial charge in [-0.3, -0.25) is 9.59 Å². The van der Waals surface area contributed by atoms with E-state index < -0.39 is 16.2 Å². The van der Waals surface area contributed by atoms with Crippen molar-refractivity contribution in [1.29, 1.82) is 0 Å². The van der Waals surface area contributed by atoms with Crippen molar-refractivity contribution in [3.8, 4) is 0 Å². The van der Waals surface area contributed by atoms with E-state index in [1.165, 1.54) is 0 Å². The first-order chi connectivity index (χ1) is 8.43. The molecule has 19 heavy (non-hydrogen) atoms. The molecule has 0 aromatic carbocycles. The van der Waals surface area contributed by atoms with E-state index in [1.807, 2.05) is 48.5 Å². The van der Waals surface area contributed by atoms with Crippen LogP contribution in [0.15, 0.2) is 0 Å². The largest absolute Gasteiger partial charge is 0.298 e. The van der Waals surface area contributed by atoms with E-state index in [0.717, 1.165) is 12.8 Å². The molecule has 0 aliphatic carbocycles. The summed E-state index contributed by atoms with van der Waals surface area (Å²) in [6, 6.07) is 0. The van der Waals surface area contributed by atoms with Gasteiger partial charge in [0, 0.05) is 10.8 Å². The van der Waals surface area contributed by atoms with E-state index >= 15 is 0 Å². The van der Waals surface area contributed by atoms with Gasteiger partial charge in [0.2, 0.25) is 0 Å². The first-order valence-corrected chi connectivity index (χ1v) is 7.53. The SMILES string of the molecule is CCCCC(CC)(C(=O)C(C)(C)C)C(=O)C(C)(C)C. The van der Waals surface area contributed by atoms with Gasteiger partial charge in [-0.15, -0.1) is 0 Å². The molecule has 0 aromatic heterocycles. The second-order valence-electron chi connectivity index (χ2n) is 7.70. The van der Waals surface area contributed by atoms with E-state index in [0.29, 0.717) is 12.8 Å². The van der Waals surface area contributed by atoms with Crippen LogP contribution in [0.3, 0.4) is 0 Å². The summed E-state index contributed by atoms with van der Waals surface area (Å²) in [4.78, 5) is 25.8. The Kier molecular flexibility index (Phi) is 5.98. The average Bonchev–Trinajstić information content (AvgIpc) is 2.27. The van der Waals surface area contributed by atoms with E-state index in [1.54, 1.807) is 0 Å². The van der Waals surface area contributed by atoms with E-state index in [2.05, 4.69) is 6.92 Å². The van der Waals surface area contributed by atoms with Gasteiger partial charge in [-0.05, 0) is 12.8 Å². The molecule has 0 aromatic rings. The molecule has 112 valence electrons. The molecule has 0 saturated carbocycles. The van der Waals surface area contributed by atoms with Crippen LogP contribution in [0.1, 0.15) is 81.1 Å². The number of Topliss-reactive ketones (excluding diaryl/α,β-unsaturated/α-hetero) is 2. The minimum absolute atomic E-state index is 0.107. The summed E-state index contributed by atoms with van der Waals surface area (Å²) >= 11 is 0. The zero-order valence-corrected chi connectivity index (χ0v) is 14.1. The highest BCUT2D eigenvalue weighted by molar-refractivity contribution is 6.10. The number of carbonyl (C=O) groups excluding carboxylic acids is 2. The van der Waals surface area contributed by atoms with Gasteiger partial charge in [0.05, 0.1) is 5.41 Å². The minimum atomic E-state index is -0.799. The molecule has 0 heterocycles. The van der Waals surface area contributed by atoms with Crippen LogP contribution in [0.25, 0.3) is 0 Å². The molecule has 0 aliphatic heterocycles. The Morgan fingerprint density at radius 3 is 1.37 bits per heavy atom. The van der Waals surface area contributed by atoms with E-state index in [4.69, 9.17) is 0 Å². The molecule has 0 saturated heterocycles. The molecule has 0 bridgehead atoms. The van der Waals surface area contributed by atoms with Crippen LogP contribution in [0, 0.1) is 16.2 Å². The van der Waals surface area contributed by atoms with Crippen molar-refractivity contribution in [3.63, 3.8) is 0 Å². The number of hydrogen-bond donors (Lipinski definition) is 0. The summed E-state index contributed by atoms with van der Waals surface area (Å²) in [5, 5.41) is 0. The number of unbranched alkanes of at least 4 members (excludes halogenated alkanes) is 1. The van der Waals surface area contributed by atoms with Crippen molar-refractivity contribution in [3.05, 3.63) is 0 Å². The van der Waals surface area contributed by atoms with Gasteiger partial charge in [-0.2, -0.15) is 0 Å². The van der Waals surface area contributed by atoms with Crippen LogP contribution < -0.4 is 0 Å². The molecule has 0 unspecified atom stereocenters. The lowest BCUT2D eigenvalue weighted by molar-refractivity contribution is -0.151. The maximum atomic E-state index is 12.9. The first-order valence-electron chi connectivity index (χ1n) is 7.53. The fourth-order valence-electron chi connectivity index (χ4n) is 2.74. The fourth-order valence-corrected chi connectivity index (χ4v) is 2.74. The molecule has 0 aliphatic rings. The zero-order valence-electron chi connectivity index (χ0n) is 14.1. The van der Waals surface area contributed by atoms with Gasteiger partial charge >= 0.3 is 0 Å². The number of ketones is 2. The summed E-state index contributed by atoms with van der Waals surface area (Å²) in [7, 11) is 0. The summed E-state index contributed by atoms with van der Waals surface area (Å²) in [5.74, 6) is 0.215. The number of carbonyl (C=O) groups is 2. The Balaban J connectivity index is 5.71. The van der Waals surface area contributed by atoms with Crippen LogP contribution in [-0.2, 0) is 9.59 Å². The molecule has 0 atom stereocenters. The lowest BCUT2D eigenvalue weighted by Crippen LogP contribution is -2.49. The van der Waals surface area contributed by atoms with Crippen LogP contribution in [0.4, 0.5) is 0 Å². The van der Waals surface area contributed by atoms with E-state index in [-0.39, 0.29) is 11.6 Å². The fraction of sp³-hybridized carbons (Fsp3) is 0.882. The summed E-state index contributed by atoms with van der Waals surface area (Å²) in [6.07, 6.45) is 3.24. The monoisotopic (exact) mass is 268 g/mol. The topological polar surface area (TPSA) is 34.1 Å². The Labute approximate surface area is 119 Å². The van der Waals surface area contributed by atoms with Crippen LogP contribution >= 0.6 is 0 Å². The molecular weight excluding hydrogens is 236 g/mol. The standard InChI is InChI=1S/C17H32O2/c1-9-11-12-17(10-2,13(18)15(3,4)5)14(19)16(6,7)8/h9-12H2,1-8H3. The number of hydrogen-bond acceptors (Lipinski definition) is 2. The second kappa shape index (κ2) is 6.19. The Morgan fingerprint density at radius 2 is 1.16 bits per heavy atom. The second-order valence-corrected chi connectivity index (χ2v) is 7.70. The highest BCUT2D eigenvalue weighted by Gasteiger charge is 2.50. The van der Waals surface area contributed by atoms with E-state index in [9.17, 15) is 9.59 Å². The van der Waals surface area contributed by atoms with Crippen molar-refractivity contribution >= 4 is 11.6 Å². The van der Waals surface area contributed by atoms with Crippen molar-refractivity contribution in [2.24, 2.45) is 16.2 Å². The van der Waals surface area contributed by atoms with Gasteiger partial charge in [-0.1, -0.05) is 68.2 Å². The third-order valence-corrected chi connectivity index (χ3v) is 3.79. The van der Waals surface area contributed by atoms with Crippen LogP contribution in [0.2, 0.25) is 0 Å². The molecule has 0 radical (unpaired) electrons. The quantitative estimate of drug-likeness (QED) is 0.648. The lowest BCUT2D eigenvalue weighted by Gasteiger charge is -2.39. The van der Waals surface area contributed by atoms with Crippen LogP contribution in [-0.4, -0.2) is 11.6 Å². The average molecular weight is 268 g/mol. The highest BCUT2D eigenvalue weighted by Crippen LogP contribution is 2.42. The molecule has 0 fully saturated rings. The van der Waals surface area contributed by atoms with Crippen molar-refractivity contribution in [2.45, 2.75) is 81.1 Å². The third kappa shape index (κ3) is 4.15. The Bertz CT molecular complexity index is 300. The van der Waals surface area contributed by atoms with Gasteiger partial charge in [0.1, 0.15) is 0 Å². The molecular formula is C17H32O2. The Morgan fingerprint density at radius 1 is 0.789 bits per heavy atom. The van der Waals surface area contributed by atoms with Crippen molar-refractivity contribution in [2.75, 3.05) is 0 Å². The van der Waals surface area contributed by atoms with Crippen LogP contribution in [0.5, 0.6) is 0 Å². The molecule has 0 amide bonds. The molecule has 2 heteroatoms. The first kappa shape index (κ1) is 18.3. The maximum Gasteiger partial charge on any atom is 0.151 e. The Hall–Kier alpha value is -0.660. The lowest BCUT2D eigenvalue weighted by atomic mass is 9.61. The maximum absolute atomic E-state index is 12.9. The molecule has 2 nitrogen and oxygen atoms in total. The molecule has 0 rings (SSSR count). The predicted molar refractivity (Wildman–Crippen MR) is 81.2 cm³/mol. The normalized spacial score (nSPS) is 13.5. The van der Waals surface area contributed by atoms with Gasteiger partial charge in [0.15, 0.2) is 11.6 Å². The van der Waals surface area contributed by atoms with Crippen molar-refractivity contribution in [1.82, 2.24) is 0 Å². The minimum Gasteiger partial charge on any atom is -0.298 e. The predicted octanol–water partition coefficient (Wildman–Crippen LogP) is 4.80. The molecule has 0 spiro atoms. The summed E-state index contributed by atoms with van der Waals surface area (Å²) < 4.78 is 0.